The van der Waals surface area contributed by atoms with Crippen LogP contribution in [-0.4, -0.2) is 60.8 Å². The Balaban J connectivity index is 1.66. The Morgan fingerprint density at radius 2 is 1.95 bits per heavy atom. The van der Waals surface area contributed by atoms with Gasteiger partial charge in [-0.2, -0.15) is 0 Å². The van der Waals surface area contributed by atoms with Crippen molar-refractivity contribution in [2.45, 2.75) is 57.7 Å². The molecule has 0 aromatic heterocycles. The number of likely N-dealkylation sites (tertiary alicyclic amines) is 1. The predicted molar refractivity (Wildman–Crippen MR) is 79.7 cm³/mol. The third kappa shape index (κ3) is 4.17. The Hall–Kier alpha value is -0.650. The molecular formula is C15H29N3O2. The SMILES string of the molecule is CC1(OCC(=O)NC2CCN(C(C)(C)C)CC2)CNC1. The molecule has 2 N–H and O–H groups in total. The molecule has 2 fully saturated rings. The zero-order valence-electron chi connectivity index (χ0n) is 13.3. The lowest BCUT2D eigenvalue weighted by Crippen LogP contribution is -2.60. The Labute approximate surface area is 122 Å². The van der Waals surface area contributed by atoms with Crippen LogP contribution in [0.3, 0.4) is 0 Å². The summed E-state index contributed by atoms with van der Waals surface area (Å²) in [6.45, 7) is 12.7. The summed E-state index contributed by atoms with van der Waals surface area (Å²) in [4.78, 5) is 14.4. The van der Waals surface area contributed by atoms with Crippen LogP contribution in [0.4, 0.5) is 0 Å². The van der Waals surface area contributed by atoms with Crippen LogP contribution in [0.5, 0.6) is 0 Å². The van der Waals surface area contributed by atoms with Gasteiger partial charge in [-0.25, -0.2) is 0 Å². The number of nitrogens with zero attached hydrogens (tertiary/aromatic N) is 1. The largest absolute Gasteiger partial charge is 0.363 e. The number of carbonyl (C=O) groups excluding carboxylic acids is 1. The van der Waals surface area contributed by atoms with Gasteiger partial charge in [-0.1, -0.05) is 0 Å². The van der Waals surface area contributed by atoms with Crippen molar-refractivity contribution in [3.8, 4) is 0 Å². The Morgan fingerprint density at radius 3 is 2.40 bits per heavy atom. The topological polar surface area (TPSA) is 53.6 Å². The van der Waals surface area contributed by atoms with E-state index in [1.807, 2.05) is 6.92 Å². The quantitative estimate of drug-likeness (QED) is 0.799. The molecule has 0 spiro atoms. The minimum atomic E-state index is -0.146. The third-order valence-corrected chi connectivity index (χ3v) is 4.36. The van der Waals surface area contributed by atoms with E-state index in [1.165, 1.54) is 0 Å². The number of rotatable bonds is 4. The fourth-order valence-electron chi connectivity index (χ4n) is 2.78. The molecule has 0 aliphatic carbocycles. The van der Waals surface area contributed by atoms with Gasteiger partial charge in [0.25, 0.3) is 0 Å². The molecule has 2 aliphatic heterocycles. The van der Waals surface area contributed by atoms with E-state index in [9.17, 15) is 4.79 Å². The normalized spacial score (nSPS) is 24.2. The van der Waals surface area contributed by atoms with Crippen molar-refractivity contribution in [2.24, 2.45) is 0 Å². The Morgan fingerprint density at radius 1 is 1.35 bits per heavy atom. The van der Waals surface area contributed by atoms with Crippen molar-refractivity contribution >= 4 is 5.91 Å². The molecule has 5 heteroatoms. The molecule has 2 rings (SSSR count). The van der Waals surface area contributed by atoms with Crippen LogP contribution < -0.4 is 10.6 Å². The van der Waals surface area contributed by atoms with Crippen LogP contribution in [0.1, 0.15) is 40.5 Å². The first-order chi connectivity index (χ1) is 9.28. The molecule has 1 amide bonds. The number of ether oxygens (including phenoxy) is 1. The van der Waals surface area contributed by atoms with Gasteiger partial charge in [-0.3, -0.25) is 9.69 Å². The zero-order valence-corrected chi connectivity index (χ0v) is 13.3. The van der Waals surface area contributed by atoms with Gasteiger partial charge in [0, 0.05) is 37.8 Å². The van der Waals surface area contributed by atoms with Gasteiger partial charge in [0.2, 0.25) is 5.91 Å². The molecule has 20 heavy (non-hydrogen) atoms. The van der Waals surface area contributed by atoms with Gasteiger partial charge in [0.05, 0.1) is 5.60 Å². The summed E-state index contributed by atoms with van der Waals surface area (Å²) < 4.78 is 5.66. The summed E-state index contributed by atoms with van der Waals surface area (Å²) >= 11 is 0. The minimum absolute atomic E-state index is 0.0207. The van der Waals surface area contributed by atoms with Gasteiger partial charge < -0.3 is 15.4 Å². The summed E-state index contributed by atoms with van der Waals surface area (Å²) in [6, 6.07) is 0.303. The number of piperidine rings is 1. The van der Waals surface area contributed by atoms with E-state index in [0.717, 1.165) is 39.0 Å². The molecule has 0 saturated carbocycles. The lowest BCUT2D eigenvalue weighted by molar-refractivity contribution is -0.136. The Bertz CT molecular complexity index is 340. The maximum atomic E-state index is 11.9. The summed E-state index contributed by atoms with van der Waals surface area (Å²) in [5.41, 5.74) is 0.0802. The predicted octanol–water partition coefficient (Wildman–Crippen LogP) is 0.744. The first-order valence-corrected chi connectivity index (χ1v) is 7.68. The van der Waals surface area contributed by atoms with Crippen molar-refractivity contribution < 1.29 is 9.53 Å². The van der Waals surface area contributed by atoms with Gasteiger partial charge in [0.15, 0.2) is 0 Å². The number of hydrogen-bond acceptors (Lipinski definition) is 4. The van der Waals surface area contributed by atoms with E-state index >= 15 is 0 Å². The van der Waals surface area contributed by atoms with Crippen LogP contribution in [0.15, 0.2) is 0 Å². The molecule has 2 saturated heterocycles. The third-order valence-electron chi connectivity index (χ3n) is 4.36. The Kier molecular flexibility index (Phi) is 4.72. The highest BCUT2D eigenvalue weighted by Gasteiger charge is 2.33. The second kappa shape index (κ2) is 6.00. The van der Waals surface area contributed by atoms with Crippen molar-refractivity contribution in [1.29, 1.82) is 0 Å². The van der Waals surface area contributed by atoms with Crippen LogP contribution in [-0.2, 0) is 9.53 Å². The number of hydrogen-bond donors (Lipinski definition) is 2. The monoisotopic (exact) mass is 283 g/mol. The molecular weight excluding hydrogens is 254 g/mol. The highest BCUT2D eigenvalue weighted by atomic mass is 16.5. The standard InChI is InChI=1S/C15H29N3O2/c1-14(2,3)18-7-5-12(6-8-18)17-13(19)9-20-15(4)10-16-11-15/h12,16H,5-11H2,1-4H3,(H,17,19). The van der Waals surface area contributed by atoms with Crippen molar-refractivity contribution in [3.63, 3.8) is 0 Å². The van der Waals surface area contributed by atoms with Gasteiger partial charge in [-0.15, -0.1) is 0 Å². The molecule has 0 atom stereocenters. The first-order valence-electron chi connectivity index (χ1n) is 7.68. The lowest BCUT2D eigenvalue weighted by Gasteiger charge is -2.41. The molecule has 0 aromatic carbocycles. The zero-order chi connectivity index (χ0) is 14.8. The summed E-state index contributed by atoms with van der Waals surface area (Å²) in [7, 11) is 0. The smallest absolute Gasteiger partial charge is 0.246 e. The fraction of sp³-hybridized carbons (Fsp3) is 0.933. The molecule has 0 aromatic rings. The van der Waals surface area contributed by atoms with Crippen molar-refractivity contribution in [3.05, 3.63) is 0 Å². The van der Waals surface area contributed by atoms with Crippen LogP contribution in [0, 0.1) is 0 Å². The van der Waals surface area contributed by atoms with E-state index in [2.05, 4.69) is 36.3 Å². The average molecular weight is 283 g/mol. The summed E-state index contributed by atoms with van der Waals surface area (Å²) in [5, 5.41) is 6.26. The van der Waals surface area contributed by atoms with Crippen LogP contribution in [0.2, 0.25) is 0 Å². The van der Waals surface area contributed by atoms with Crippen LogP contribution in [0.25, 0.3) is 0 Å². The molecule has 0 bridgehead atoms. The van der Waals surface area contributed by atoms with E-state index in [0.29, 0.717) is 6.04 Å². The minimum Gasteiger partial charge on any atom is -0.363 e. The molecule has 0 unspecified atom stereocenters. The summed E-state index contributed by atoms with van der Waals surface area (Å²) in [6.07, 6.45) is 2.06. The molecule has 116 valence electrons. The molecule has 0 radical (unpaired) electrons. The number of amides is 1. The van der Waals surface area contributed by atoms with E-state index in [-0.39, 0.29) is 23.7 Å². The maximum Gasteiger partial charge on any atom is 0.246 e. The number of nitrogens with one attached hydrogen (secondary N) is 2. The lowest BCUT2D eigenvalue weighted by atomic mass is 9.98. The molecule has 2 aliphatic rings. The average Bonchev–Trinajstić information content (AvgIpc) is 2.33. The maximum absolute atomic E-state index is 11.9. The second-order valence-electron chi connectivity index (χ2n) is 7.34. The van der Waals surface area contributed by atoms with Crippen molar-refractivity contribution in [2.75, 3.05) is 32.8 Å². The fourth-order valence-corrected chi connectivity index (χ4v) is 2.78. The second-order valence-corrected chi connectivity index (χ2v) is 7.34. The molecule has 2 heterocycles. The van der Waals surface area contributed by atoms with E-state index in [4.69, 9.17) is 4.74 Å². The summed E-state index contributed by atoms with van der Waals surface area (Å²) in [5.74, 6) is 0.0207. The van der Waals surface area contributed by atoms with Gasteiger partial charge in [0.1, 0.15) is 6.61 Å². The van der Waals surface area contributed by atoms with E-state index < -0.39 is 0 Å². The van der Waals surface area contributed by atoms with E-state index in [1.54, 1.807) is 0 Å². The first kappa shape index (κ1) is 15.7. The van der Waals surface area contributed by atoms with Crippen molar-refractivity contribution in [1.82, 2.24) is 15.5 Å². The highest BCUT2D eigenvalue weighted by Crippen LogP contribution is 2.20. The van der Waals surface area contributed by atoms with Gasteiger partial charge in [-0.05, 0) is 40.5 Å². The number of carbonyl (C=O) groups is 1. The molecule has 5 nitrogen and oxygen atoms in total. The van der Waals surface area contributed by atoms with Crippen LogP contribution >= 0.6 is 0 Å². The van der Waals surface area contributed by atoms with Gasteiger partial charge >= 0.3 is 0 Å². The highest BCUT2D eigenvalue weighted by molar-refractivity contribution is 5.77.